The lowest BCUT2D eigenvalue weighted by Gasteiger charge is -2.14. The molecule has 1 aliphatic carbocycles. The SMILES string of the molecule is Nc1nc2c(ncn2[C@H]2C[C@@H](CO)C(F)(F)C2)c(=O)[nH]1. The molecule has 0 bridgehead atoms. The van der Waals surface area contributed by atoms with Crippen LogP contribution in [0.3, 0.4) is 0 Å². The van der Waals surface area contributed by atoms with Crippen molar-refractivity contribution in [3.05, 3.63) is 16.7 Å². The number of aliphatic hydroxyl groups is 1. The highest BCUT2D eigenvalue weighted by Gasteiger charge is 2.49. The van der Waals surface area contributed by atoms with Crippen LogP contribution in [0, 0.1) is 5.92 Å². The molecule has 2 atom stereocenters. The number of aliphatic hydroxyl groups excluding tert-OH is 1. The first-order valence-electron chi connectivity index (χ1n) is 6.13. The molecule has 1 aliphatic rings. The summed E-state index contributed by atoms with van der Waals surface area (Å²) in [7, 11) is 0. The minimum atomic E-state index is -2.94. The summed E-state index contributed by atoms with van der Waals surface area (Å²) < 4.78 is 28.8. The van der Waals surface area contributed by atoms with Crippen LogP contribution < -0.4 is 11.3 Å². The fraction of sp³-hybridized carbons (Fsp3) is 0.545. The van der Waals surface area contributed by atoms with Gasteiger partial charge in [0.25, 0.3) is 11.5 Å². The molecule has 2 heterocycles. The lowest BCUT2D eigenvalue weighted by atomic mass is 10.1. The Balaban J connectivity index is 2.06. The third-order valence-electron chi connectivity index (χ3n) is 3.73. The standard InChI is InChI=1S/C11H13F2N5O2/c12-11(13)2-6(1-5(11)3-19)18-4-15-7-8(18)16-10(14)17-9(7)20/h4-6,19H,1-3H2,(H3,14,16,17,20)/t5-,6-/m0/s1. The molecule has 4 N–H and O–H groups in total. The third-order valence-corrected chi connectivity index (χ3v) is 3.73. The van der Waals surface area contributed by atoms with Gasteiger partial charge in [-0.05, 0) is 6.42 Å². The summed E-state index contributed by atoms with van der Waals surface area (Å²) in [5.41, 5.74) is 5.21. The van der Waals surface area contributed by atoms with Gasteiger partial charge in [-0.15, -0.1) is 0 Å². The van der Waals surface area contributed by atoms with E-state index in [2.05, 4.69) is 15.0 Å². The summed E-state index contributed by atoms with van der Waals surface area (Å²) in [4.78, 5) is 21.8. The molecule has 0 radical (unpaired) electrons. The molecule has 1 fully saturated rings. The van der Waals surface area contributed by atoms with Gasteiger partial charge in [0, 0.05) is 18.4 Å². The van der Waals surface area contributed by atoms with E-state index in [1.54, 1.807) is 0 Å². The number of hydrogen-bond acceptors (Lipinski definition) is 5. The summed E-state index contributed by atoms with van der Waals surface area (Å²) in [6.07, 6.45) is 0.994. The topological polar surface area (TPSA) is 110 Å². The molecular weight excluding hydrogens is 272 g/mol. The van der Waals surface area contributed by atoms with Crippen LogP contribution in [-0.4, -0.2) is 37.2 Å². The number of aromatic nitrogens is 4. The van der Waals surface area contributed by atoms with Crippen molar-refractivity contribution in [1.82, 2.24) is 19.5 Å². The number of imidazole rings is 1. The molecule has 20 heavy (non-hydrogen) atoms. The largest absolute Gasteiger partial charge is 0.396 e. The van der Waals surface area contributed by atoms with Crippen LogP contribution >= 0.6 is 0 Å². The van der Waals surface area contributed by atoms with Crippen LogP contribution in [0.5, 0.6) is 0 Å². The molecule has 0 saturated heterocycles. The van der Waals surface area contributed by atoms with Crippen LogP contribution in [0.2, 0.25) is 0 Å². The first-order valence-corrected chi connectivity index (χ1v) is 6.13. The first kappa shape index (κ1) is 13.0. The molecular formula is C11H13F2N5O2. The van der Waals surface area contributed by atoms with E-state index in [4.69, 9.17) is 10.8 Å². The Morgan fingerprint density at radius 3 is 3.00 bits per heavy atom. The maximum Gasteiger partial charge on any atom is 0.280 e. The lowest BCUT2D eigenvalue weighted by molar-refractivity contribution is -0.0551. The number of nitrogens with two attached hydrogens (primary N) is 1. The van der Waals surface area contributed by atoms with Gasteiger partial charge in [-0.2, -0.15) is 4.98 Å². The van der Waals surface area contributed by atoms with Crippen molar-refractivity contribution in [3.63, 3.8) is 0 Å². The summed E-state index contributed by atoms with van der Waals surface area (Å²) >= 11 is 0. The molecule has 1 saturated carbocycles. The Morgan fingerprint density at radius 1 is 1.60 bits per heavy atom. The smallest absolute Gasteiger partial charge is 0.280 e. The maximum atomic E-state index is 13.7. The van der Waals surface area contributed by atoms with E-state index in [1.165, 1.54) is 10.9 Å². The zero-order chi connectivity index (χ0) is 14.5. The molecule has 2 aromatic rings. The van der Waals surface area contributed by atoms with Gasteiger partial charge in [0.05, 0.1) is 12.9 Å². The van der Waals surface area contributed by atoms with Crippen LogP contribution in [0.15, 0.2) is 11.1 Å². The predicted octanol–water partition coefficient (Wildman–Crippen LogP) is 0.280. The third kappa shape index (κ3) is 1.85. The number of rotatable bonds is 2. The van der Waals surface area contributed by atoms with E-state index in [1.807, 2.05) is 0 Å². The van der Waals surface area contributed by atoms with E-state index in [0.29, 0.717) is 0 Å². The van der Waals surface area contributed by atoms with Crippen LogP contribution in [0.1, 0.15) is 18.9 Å². The minimum Gasteiger partial charge on any atom is -0.396 e. The highest BCUT2D eigenvalue weighted by molar-refractivity contribution is 5.70. The molecule has 2 aromatic heterocycles. The van der Waals surface area contributed by atoms with E-state index in [-0.39, 0.29) is 23.5 Å². The van der Waals surface area contributed by atoms with Gasteiger partial charge >= 0.3 is 0 Å². The zero-order valence-electron chi connectivity index (χ0n) is 10.4. The number of halogens is 2. The highest BCUT2D eigenvalue weighted by Crippen LogP contribution is 2.46. The number of anilines is 1. The van der Waals surface area contributed by atoms with Gasteiger partial charge in [-0.25, -0.2) is 13.8 Å². The van der Waals surface area contributed by atoms with Crippen LogP contribution in [0.25, 0.3) is 11.2 Å². The molecule has 3 rings (SSSR count). The summed E-state index contributed by atoms with van der Waals surface area (Å²) in [6, 6.07) is -0.569. The number of aromatic amines is 1. The van der Waals surface area contributed by atoms with E-state index in [0.717, 1.165) is 0 Å². The molecule has 0 aromatic carbocycles. The van der Waals surface area contributed by atoms with Crippen molar-refractivity contribution in [3.8, 4) is 0 Å². The second-order valence-electron chi connectivity index (χ2n) is 5.01. The van der Waals surface area contributed by atoms with E-state index < -0.39 is 36.5 Å². The Hall–Kier alpha value is -2.03. The number of fused-ring (bicyclic) bond motifs is 1. The van der Waals surface area contributed by atoms with Gasteiger partial charge in [0.15, 0.2) is 11.2 Å². The number of alkyl halides is 2. The highest BCUT2D eigenvalue weighted by atomic mass is 19.3. The van der Waals surface area contributed by atoms with Gasteiger partial charge in [0.2, 0.25) is 5.95 Å². The molecule has 0 amide bonds. The van der Waals surface area contributed by atoms with Gasteiger partial charge in [0.1, 0.15) is 0 Å². The van der Waals surface area contributed by atoms with Crippen LogP contribution in [0.4, 0.5) is 14.7 Å². The number of nitrogens with one attached hydrogen (secondary N) is 1. The number of nitrogen functional groups attached to an aromatic ring is 1. The Bertz CT molecular complexity index is 710. The predicted molar refractivity (Wildman–Crippen MR) is 66.4 cm³/mol. The number of H-pyrrole nitrogens is 1. The lowest BCUT2D eigenvalue weighted by Crippen LogP contribution is -2.24. The summed E-state index contributed by atoms with van der Waals surface area (Å²) in [5.74, 6) is -4.13. The van der Waals surface area contributed by atoms with Gasteiger partial charge in [-0.3, -0.25) is 9.78 Å². The molecule has 0 unspecified atom stereocenters. The number of nitrogens with zero attached hydrogens (tertiary/aromatic N) is 3. The van der Waals surface area contributed by atoms with Gasteiger partial charge in [-0.1, -0.05) is 0 Å². The Kier molecular flexibility index (Phi) is 2.75. The van der Waals surface area contributed by atoms with Crippen LogP contribution in [-0.2, 0) is 0 Å². The fourth-order valence-corrected chi connectivity index (χ4v) is 2.70. The van der Waals surface area contributed by atoms with Crippen molar-refractivity contribution >= 4 is 17.1 Å². The van der Waals surface area contributed by atoms with Crippen molar-refractivity contribution in [2.75, 3.05) is 12.3 Å². The summed E-state index contributed by atoms with van der Waals surface area (Å²) in [5, 5.41) is 9.02. The second-order valence-corrected chi connectivity index (χ2v) is 5.01. The Morgan fingerprint density at radius 2 is 2.35 bits per heavy atom. The monoisotopic (exact) mass is 285 g/mol. The van der Waals surface area contributed by atoms with Crippen molar-refractivity contribution in [1.29, 1.82) is 0 Å². The molecule has 7 nitrogen and oxygen atoms in total. The average molecular weight is 285 g/mol. The number of hydrogen-bond donors (Lipinski definition) is 3. The fourth-order valence-electron chi connectivity index (χ4n) is 2.70. The minimum absolute atomic E-state index is 0.0648. The molecule has 108 valence electrons. The molecule has 9 heteroatoms. The van der Waals surface area contributed by atoms with Crippen molar-refractivity contribution in [2.24, 2.45) is 5.92 Å². The Labute approximate surface area is 111 Å². The summed E-state index contributed by atoms with van der Waals surface area (Å²) in [6.45, 7) is -0.577. The first-order chi connectivity index (χ1) is 9.42. The average Bonchev–Trinajstić information content (AvgIpc) is 2.89. The quantitative estimate of drug-likeness (QED) is 0.734. The molecule has 0 aliphatic heterocycles. The van der Waals surface area contributed by atoms with E-state index >= 15 is 0 Å². The zero-order valence-corrected chi connectivity index (χ0v) is 10.4. The van der Waals surface area contributed by atoms with Crippen molar-refractivity contribution < 1.29 is 13.9 Å². The van der Waals surface area contributed by atoms with Gasteiger partial charge < -0.3 is 15.4 Å². The maximum absolute atomic E-state index is 13.7. The van der Waals surface area contributed by atoms with E-state index in [9.17, 15) is 13.6 Å². The normalized spacial score (nSPS) is 25.4. The molecule has 0 spiro atoms. The second kappa shape index (κ2) is 4.23. The van der Waals surface area contributed by atoms with Crippen molar-refractivity contribution in [2.45, 2.75) is 24.8 Å².